The first-order valence-electron chi connectivity index (χ1n) is 18.7. The molecule has 0 heterocycles. The van der Waals surface area contributed by atoms with E-state index in [0.717, 1.165) is 45.0 Å². The summed E-state index contributed by atoms with van der Waals surface area (Å²) in [6.07, 6.45) is -3.51. The van der Waals surface area contributed by atoms with Gasteiger partial charge in [0, 0.05) is 0 Å². The van der Waals surface area contributed by atoms with E-state index in [2.05, 4.69) is 118 Å². The Hall–Kier alpha value is -2.73. The molecule has 1 unspecified atom stereocenters. The van der Waals surface area contributed by atoms with E-state index in [1.807, 2.05) is 0 Å². The number of hydrogen-bond donors (Lipinski definition) is 0. The Morgan fingerprint density at radius 2 is 0.911 bits per heavy atom. The topological polar surface area (TPSA) is 0 Å². The number of allylic oxidation sites excluding steroid dienone is 4. The smallest absolute Gasteiger partial charge is 1.00 e. The maximum Gasteiger partial charge on any atom is -1.00 e. The van der Waals surface area contributed by atoms with Crippen LogP contribution in [0.15, 0.2) is 106 Å². The van der Waals surface area contributed by atoms with Crippen molar-refractivity contribution in [2.24, 2.45) is 11.3 Å². The van der Waals surface area contributed by atoms with Crippen LogP contribution in [0, 0.1) is 11.3 Å². The van der Waals surface area contributed by atoms with Crippen molar-refractivity contribution in [2.75, 3.05) is 0 Å². The molecule has 0 spiro atoms. The first-order valence-corrected chi connectivity index (χ1v) is 22.6. The van der Waals surface area contributed by atoms with Crippen LogP contribution in [0.1, 0.15) is 124 Å². The Bertz CT molecular complexity index is 2040. The van der Waals surface area contributed by atoms with Gasteiger partial charge in [-0.1, -0.05) is 0 Å². The average molecular weight is 891 g/mol. The largest absolute Gasteiger partial charge is 1.00 e. The van der Waals surface area contributed by atoms with Crippen molar-refractivity contribution in [3.63, 3.8) is 0 Å². The summed E-state index contributed by atoms with van der Waals surface area (Å²) in [5, 5.41) is 0. The van der Waals surface area contributed by atoms with Gasteiger partial charge >= 0.3 is 326 Å². The summed E-state index contributed by atoms with van der Waals surface area (Å²) in [5.74, 6) is 0.0941. The molecule has 0 saturated carbocycles. The summed E-state index contributed by atoms with van der Waals surface area (Å²) >= 11 is -3.60. The second kappa shape index (κ2) is 16.1. The van der Waals surface area contributed by atoms with Crippen LogP contribution in [0.25, 0.3) is 11.1 Å². The van der Waals surface area contributed by atoms with Crippen LogP contribution in [-0.2, 0) is 44.4 Å². The number of alkyl halides is 6. The summed E-state index contributed by atoms with van der Waals surface area (Å²) in [6, 6.07) is 24.1. The molecule has 0 aromatic heterocycles. The van der Waals surface area contributed by atoms with Crippen LogP contribution in [0.4, 0.5) is 26.3 Å². The third-order valence-electron chi connectivity index (χ3n) is 11.0. The van der Waals surface area contributed by atoms with Gasteiger partial charge in [-0.2, -0.15) is 0 Å². The third kappa shape index (κ3) is 9.11. The summed E-state index contributed by atoms with van der Waals surface area (Å²) in [4.78, 5) is 0. The predicted molar refractivity (Wildman–Crippen MR) is 207 cm³/mol. The van der Waals surface area contributed by atoms with Gasteiger partial charge in [0.15, 0.2) is 0 Å². The molecule has 0 nitrogen and oxygen atoms in total. The van der Waals surface area contributed by atoms with E-state index in [0.29, 0.717) is 11.1 Å². The summed E-state index contributed by atoms with van der Waals surface area (Å²) in [7, 11) is 0. The van der Waals surface area contributed by atoms with Crippen molar-refractivity contribution in [1.82, 2.24) is 0 Å². The third-order valence-corrected chi connectivity index (χ3v) is 19.5. The van der Waals surface area contributed by atoms with E-state index >= 15 is 0 Å². The molecule has 0 radical (unpaired) electrons. The molecule has 9 heteroatoms. The zero-order valence-electron chi connectivity index (χ0n) is 33.6. The van der Waals surface area contributed by atoms with Gasteiger partial charge in [-0.25, -0.2) is 0 Å². The molecule has 2 aliphatic carbocycles. The summed E-state index contributed by atoms with van der Waals surface area (Å²) < 4.78 is 86.0. The Morgan fingerprint density at radius 1 is 0.536 bits per heavy atom. The van der Waals surface area contributed by atoms with Crippen molar-refractivity contribution in [2.45, 2.75) is 102 Å². The molecule has 6 rings (SSSR count). The quantitative estimate of drug-likeness (QED) is 0.178. The minimum absolute atomic E-state index is 0. The molecule has 4 aromatic rings. The predicted octanol–water partition coefficient (Wildman–Crippen LogP) is 8.18. The van der Waals surface area contributed by atoms with Gasteiger partial charge in [0.1, 0.15) is 0 Å². The van der Waals surface area contributed by atoms with Gasteiger partial charge in [0.05, 0.1) is 0 Å². The molecule has 0 bridgehead atoms. The molecule has 56 heavy (non-hydrogen) atoms. The standard InChI is InChI=1S/C21H25.C15H8F6.C11H17.2ClH.Zr/c1-20(2,3)16-7-9-18-14(12-16)11-15-13-17(21(4,5)6)8-10-19(15)18;16-14(17,18)12-5-1-10(2-6-12)9-11-3-7-13(8-4-11)15(19,20)21;1-5-9-6-7-10(8-9)11(2,3)4;;;/h7-13H,1-6H3;1-8H;7-9H,5H2,1-4H3;2*1H;/q;;;;;+2/p-2. The Morgan fingerprint density at radius 3 is 1.23 bits per heavy atom. The molecule has 298 valence electrons. The van der Waals surface area contributed by atoms with E-state index in [9.17, 15) is 26.3 Å². The van der Waals surface area contributed by atoms with Crippen molar-refractivity contribution in [3.8, 4) is 11.1 Å². The molecule has 0 N–H and O–H groups in total. The van der Waals surface area contributed by atoms with Crippen molar-refractivity contribution in [3.05, 3.63) is 150 Å². The number of rotatable bonds is 5. The van der Waals surface area contributed by atoms with Crippen molar-refractivity contribution >= 4 is 3.21 Å². The van der Waals surface area contributed by atoms with Gasteiger partial charge in [-0.15, -0.1) is 0 Å². The van der Waals surface area contributed by atoms with E-state index in [-0.39, 0.29) is 50.6 Å². The molecule has 2 aliphatic rings. The van der Waals surface area contributed by atoms with E-state index in [1.54, 1.807) is 24.3 Å². The van der Waals surface area contributed by atoms with E-state index in [4.69, 9.17) is 0 Å². The maximum atomic E-state index is 14.0. The molecule has 0 aliphatic heterocycles. The first-order chi connectivity index (χ1) is 24.9. The van der Waals surface area contributed by atoms with Crippen LogP contribution < -0.4 is 24.8 Å². The average Bonchev–Trinajstić information content (AvgIpc) is 3.65. The monoisotopic (exact) mass is 888 g/mol. The number of benzene rings is 4. The molecule has 0 amide bonds. The number of halogens is 8. The van der Waals surface area contributed by atoms with Crippen LogP contribution in [0.5, 0.6) is 0 Å². The number of hydrogen-bond acceptors (Lipinski definition) is 0. The molecule has 0 fully saturated rings. The minimum Gasteiger partial charge on any atom is -1.00 e. The van der Waals surface area contributed by atoms with Crippen LogP contribution in [0.3, 0.4) is 0 Å². The zero-order chi connectivity index (χ0) is 39.8. The molecule has 4 aromatic carbocycles. The molecular formula is C47H50Cl2F6Zr. The van der Waals surface area contributed by atoms with Gasteiger partial charge in [0.25, 0.3) is 0 Å². The Kier molecular flexibility index (Phi) is 13.2. The van der Waals surface area contributed by atoms with Gasteiger partial charge < -0.3 is 24.8 Å². The SMILES string of the molecule is CCC1C=C(C(C)(C)C)C=[C]1[Zr+2](=[C](c1ccc(C(F)(F)F)cc1)c1ccc(C(F)(F)F)cc1)[CH]1c2cc(C(C)(C)C)ccc2-c2ccc(C(C)(C)C)cc21.[Cl-].[Cl-]. The fourth-order valence-corrected chi connectivity index (χ4v) is 17.5. The first kappa shape index (κ1) is 46.0. The summed E-state index contributed by atoms with van der Waals surface area (Å²) in [6.45, 7) is 21.9. The van der Waals surface area contributed by atoms with Gasteiger partial charge in [-0.05, 0) is 0 Å². The number of fused-ring (bicyclic) bond motifs is 3. The summed E-state index contributed by atoms with van der Waals surface area (Å²) in [5.41, 5.74) is 7.58. The normalized spacial score (nSPS) is 15.8. The van der Waals surface area contributed by atoms with E-state index in [1.165, 1.54) is 31.1 Å². The molecular weight excluding hydrogens is 841 g/mol. The van der Waals surface area contributed by atoms with Crippen LogP contribution in [-0.4, -0.2) is 3.21 Å². The Labute approximate surface area is 348 Å². The second-order valence-corrected chi connectivity index (χ2v) is 24.1. The maximum absolute atomic E-state index is 14.0. The fourth-order valence-electron chi connectivity index (χ4n) is 7.80. The fraction of sp³-hybridized carbons (Fsp3) is 0.383. The van der Waals surface area contributed by atoms with Gasteiger partial charge in [0.2, 0.25) is 0 Å². The van der Waals surface area contributed by atoms with Crippen molar-refractivity contribution in [1.29, 1.82) is 0 Å². The zero-order valence-corrected chi connectivity index (χ0v) is 37.6. The van der Waals surface area contributed by atoms with Gasteiger partial charge in [-0.3, -0.25) is 0 Å². The van der Waals surface area contributed by atoms with E-state index < -0.39 is 44.7 Å². The van der Waals surface area contributed by atoms with Crippen LogP contribution >= 0.6 is 0 Å². The van der Waals surface area contributed by atoms with Crippen LogP contribution in [0.2, 0.25) is 0 Å². The minimum atomic E-state index is -4.53. The molecule has 0 saturated heterocycles. The second-order valence-electron chi connectivity index (χ2n) is 18.0. The molecule has 1 atom stereocenters. The van der Waals surface area contributed by atoms with Crippen molar-refractivity contribution < 1.29 is 72.4 Å². The Balaban J connectivity index is 0.00000348.